The smallest absolute Gasteiger partial charge is 0.324 e. The molecule has 0 radical (unpaired) electrons. The minimum atomic E-state index is -4.85. The number of nitriles is 1. The number of para-hydroxylation sites is 1. The summed E-state index contributed by atoms with van der Waals surface area (Å²) in [5.74, 6) is -4.38. The number of carbonyl (C=O) groups is 1. The van der Waals surface area contributed by atoms with E-state index in [1.165, 1.54) is 18.2 Å². The topological polar surface area (TPSA) is 99.9 Å². The van der Waals surface area contributed by atoms with Gasteiger partial charge in [0.1, 0.15) is 11.1 Å². The monoisotopic (exact) mass is 411 g/mol. The third kappa shape index (κ3) is 4.81. The first-order chi connectivity index (χ1) is 12.7. The molecule has 1 amide bonds. The lowest BCUT2D eigenvalue weighted by Gasteiger charge is -2.11. The zero-order valence-electron chi connectivity index (χ0n) is 14.4. The Bertz CT molecular complexity index is 1020. The van der Waals surface area contributed by atoms with Gasteiger partial charge in [0.05, 0.1) is 21.9 Å². The van der Waals surface area contributed by atoms with Gasteiger partial charge in [0.2, 0.25) is 15.7 Å². The third-order valence-corrected chi connectivity index (χ3v) is 5.88. The maximum absolute atomic E-state index is 12.8. The van der Waals surface area contributed by atoms with Crippen molar-refractivity contribution in [2.45, 2.75) is 29.5 Å². The second kappa shape index (κ2) is 8.45. The number of alkyl halides is 2. The Kier molecular flexibility index (Phi) is 6.51. The first-order valence-electron chi connectivity index (χ1n) is 7.59. The van der Waals surface area contributed by atoms with E-state index in [9.17, 15) is 27.3 Å². The number of amides is 1. The zero-order valence-corrected chi connectivity index (χ0v) is 16.0. The van der Waals surface area contributed by atoms with Crippen LogP contribution in [0.2, 0.25) is 0 Å². The molecule has 1 N–H and O–H groups in total. The molecule has 1 aromatic carbocycles. The van der Waals surface area contributed by atoms with Crippen molar-refractivity contribution >= 4 is 33.2 Å². The summed E-state index contributed by atoms with van der Waals surface area (Å²) >= 11 is 1.00. The zero-order chi connectivity index (χ0) is 20.2. The van der Waals surface area contributed by atoms with E-state index in [0.29, 0.717) is 16.3 Å². The van der Waals surface area contributed by atoms with Crippen LogP contribution in [0.15, 0.2) is 40.3 Å². The van der Waals surface area contributed by atoms with Crippen molar-refractivity contribution in [1.29, 1.82) is 5.26 Å². The van der Waals surface area contributed by atoms with E-state index in [0.717, 1.165) is 23.4 Å². The predicted molar refractivity (Wildman–Crippen MR) is 97.4 cm³/mol. The molecule has 0 spiro atoms. The standard InChI is InChI=1S/C17H15F2N3O3S2/c1-10-7-11(2)21-16(12(10)8-20)26-9-15(23)22-13-5-3-4-6-14(13)27(24,25)17(18)19/h3-7,17H,9H2,1-2H3,(H,22,23). The number of nitrogens with one attached hydrogen (secondary N) is 1. The first kappa shape index (κ1) is 20.8. The van der Waals surface area contributed by atoms with Crippen LogP contribution in [0.3, 0.4) is 0 Å². The number of anilines is 1. The SMILES string of the molecule is Cc1cc(C)c(C#N)c(SCC(=O)Nc2ccccc2S(=O)(=O)C(F)F)n1. The normalized spacial score (nSPS) is 11.3. The van der Waals surface area contributed by atoms with Crippen molar-refractivity contribution < 1.29 is 22.0 Å². The molecule has 10 heteroatoms. The lowest BCUT2D eigenvalue weighted by Crippen LogP contribution is -2.19. The van der Waals surface area contributed by atoms with E-state index >= 15 is 0 Å². The van der Waals surface area contributed by atoms with Crippen molar-refractivity contribution in [1.82, 2.24) is 4.98 Å². The molecule has 1 heterocycles. The summed E-state index contributed by atoms with van der Waals surface area (Å²) in [6, 6.07) is 8.72. The van der Waals surface area contributed by atoms with Crippen molar-refractivity contribution in [3.8, 4) is 6.07 Å². The lowest BCUT2D eigenvalue weighted by atomic mass is 10.1. The van der Waals surface area contributed by atoms with Crippen LogP contribution >= 0.6 is 11.8 Å². The van der Waals surface area contributed by atoms with Gasteiger partial charge < -0.3 is 5.32 Å². The first-order valence-corrected chi connectivity index (χ1v) is 10.1. The molecule has 0 atom stereocenters. The van der Waals surface area contributed by atoms with Gasteiger partial charge in [-0.25, -0.2) is 13.4 Å². The number of aryl methyl sites for hydroxylation is 2. The van der Waals surface area contributed by atoms with Crippen molar-refractivity contribution in [3.63, 3.8) is 0 Å². The number of hydrogen-bond acceptors (Lipinski definition) is 6. The summed E-state index contributed by atoms with van der Waals surface area (Å²) < 4.78 is 49.0. The van der Waals surface area contributed by atoms with Crippen molar-refractivity contribution in [3.05, 3.63) is 47.2 Å². The van der Waals surface area contributed by atoms with Crippen molar-refractivity contribution in [2.75, 3.05) is 11.1 Å². The van der Waals surface area contributed by atoms with Crippen LogP contribution < -0.4 is 5.32 Å². The van der Waals surface area contributed by atoms with Crippen LogP contribution in [0.4, 0.5) is 14.5 Å². The van der Waals surface area contributed by atoms with E-state index in [1.807, 2.05) is 6.07 Å². The number of aromatic nitrogens is 1. The molecular formula is C17H15F2N3O3S2. The fourth-order valence-corrected chi connectivity index (χ4v) is 4.06. The predicted octanol–water partition coefficient (Wildman–Crippen LogP) is 3.30. The minimum absolute atomic E-state index is 0.173. The average molecular weight is 411 g/mol. The fourth-order valence-electron chi connectivity index (χ4n) is 2.28. The van der Waals surface area contributed by atoms with E-state index in [2.05, 4.69) is 10.3 Å². The molecule has 142 valence electrons. The summed E-state index contributed by atoms with van der Waals surface area (Å²) in [4.78, 5) is 15.8. The summed E-state index contributed by atoms with van der Waals surface area (Å²) in [5, 5.41) is 11.9. The van der Waals surface area contributed by atoms with E-state index < -0.39 is 26.4 Å². The van der Waals surface area contributed by atoms with Gasteiger partial charge in [-0.2, -0.15) is 14.0 Å². The molecule has 1 aromatic heterocycles. The number of nitrogens with zero attached hydrogens (tertiary/aromatic N) is 2. The highest BCUT2D eigenvalue weighted by atomic mass is 32.2. The molecular weight excluding hydrogens is 396 g/mol. The molecule has 0 bridgehead atoms. The third-order valence-electron chi connectivity index (χ3n) is 3.47. The lowest BCUT2D eigenvalue weighted by molar-refractivity contribution is -0.113. The van der Waals surface area contributed by atoms with E-state index in [-0.39, 0.29) is 11.4 Å². The van der Waals surface area contributed by atoms with Gasteiger partial charge in [0, 0.05) is 5.69 Å². The Balaban J connectivity index is 2.19. The Morgan fingerprint density at radius 2 is 2.00 bits per heavy atom. The van der Waals surface area contributed by atoms with Crippen LogP contribution in [0.1, 0.15) is 16.8 Å². The van der Waals surface area contributed by atoms with Crippen LogP contribution in [-0.4, -0.2) is 30.8 Å². The molecule has 0 unspecified atom stereocenters. The van der Waals surface area contributed by atoms with E-state index in [1.54, 1.807) is 19.9 Å². The molecule has 0 saturated carbocycles. The Morgan fingerprint density at radius 3 is 2.63 bits per heavy atom. The molecule has 2 aromatic rings. The second-order valence-corrected chi connectivity index (χ2v) is 8.36. The van der Waals surface area contributed by atoms with Crippen LogP contribution in [0.5, 0.6) is 0 Å². The summed E-state index contributed by atoms with van der Waals surface area (Å²) in [5.41, 5.74) is 1.53. The maximum Gasteiger partial charge on any atom is 0.341 e. The van der Waals surface area contributed by atoms with Gasteiger partial charge in [-0.1, -0.05) is 23.9 Å². The highest BCUT2D eigenvalue weighted by molar-refractivity contribution is 8.00. The number of hydrogen-bond donors (Lipinski definition) is 1. The second-order valence-electron chi connectivity index (χ2n) is 5.51. The van der Waals surface area contributed by atoms with Gasteiger partial charge in [-0.3, -0.25) is 4.79 Å². The van der Waals surface area contributed by atoms with Gasteiger partial charge in [0.25, 0.3) is 0 Å². The molecule has 27 heavy (non-hydrogen) atoms. The average Bonchev–Trinajstić information content (AvgIpc) is 2.59. The number of pyridine rings is 1. The van der Waals surface area contributed by atoms with Gasteiger partial charge in [-0.05, 0) is 37.6 Å². The molecule has 0 aliphatic rings. The highest BCUT2D eigenvalue weighted by Crippen LogP contribution is 2.27. The number of thioether (sulfide) groups is 1. The largest absolute Gasteiger partial charge is 0.341 e. The van der Waals surface area contributed by atoms with Crippen molar-refractivity contribution in [2.24, 2.45) is 0 Å². The summed E-state index contributed by atoms with van der Waals surface area (Å²) in [7, 11) is -4.85. The number of carbonyl (C=O) groups excluding carboxylic acids is 1. The molecule has 0 saturated heterocycles. The minimum Gasteiger partial charge on any atom is -0.324 e. The maximum atomic E-state index is 12.8. The van der Waals surface area contributed by atoms with Crippen LogP contribution in [0.25, 0.3) is 0 Å². The Morgan fingerprint density at radius 1 is 1.33 bits per heavy atom. The van der Waals surface area contributed by atoms with E-state index in [4.69, 9.17) is 0 Å². The summed E-state index contributed by atoms with van der Waals surface area (Å²) in [6.07, 6.45) is 0. The fraction of sp³-hybridized carbons (Fsp3) is 0.235. The molecule has 0 fully saturated rings. The van der Waals surface area contributed by atoms with Gasteiger partial charge >= 0.3 is 5.76 Å². The Hall–Kier alpha value is -2.51. The van der Waals surface area contributed by atoms with Crippen LogP contribution in [0, 0.1) is 25.2 Å². The van der Waals surface area contributed by atoms with Gasteiger partial charge in [-0.15, -0.1) is 0 Å². The highest BCUT2D eigenvalue weighted by Gasteiger charge is 2.29. The summed E-state index contributed by atoms with van der Waals surface area (Å²) in [6.45, 7) is 3.51. The van der Waals surface area contributed by atoms with Gasteiger partial charge in [0.15, 0.2) is 0 Å². The number of halogens is 2. The quantitative estimate of drug-likeness (QED) is 0.732. The molecule has 0 aliphatic heterocycles. The molecule has 0 aliphatic carbocycles. The molecule has 2 rings (SSSR count). The number of benzene rings is 1. The Labute approximate surface area is 159 Å². The number of rotatable bonds is 6. The van der Waals surface area contributed by atoms with Crippen LogP contribution in [-0.2, 0) is 14.6 Å². The number of sulfone groups is 1. The molecule has 6 nitrogen and oxygen atoms in total.